The maximum atomic E-state index is 12.4. The number of ether oxygens (including phenoxy) is 2. The lowest BCUT2D eigenvalue weighted by molar-refractivity contribution is -0.384. The molecular formula is C20H23N5O6S. The lowest BCUT2D eigenvalue weighted by Crippen LogP contribution is -2.38. The molecule has 0 radical (unpaired) electrons. The third-order valence-corrected chi connectivity index (χ3v) is 6.11. The minimum Gasteiger partial charge on any atom is -0.378 e. The first-order valence-corrected chi connectivity index (χ1v) is 11.0. The van der Waals surface area contributed by atoms with Crippen molar-refractivity contribution in [3.05, 3.63) is 32.7 Å². The highest BCUT2D eigenvalue weighted by molar-refractivity contribution is 8.18. The van der Waals surface area contributed by atoms with Gasteiger partial charge in [0.1, 0.15) is 5.69 Å². The minimum atomic E-state index is -0.494. The van der Waals surface area contributed by atoms with Gasteiger partial charge in [0.15, 0.2) is 5.17 Å². The van der Waals surface area contributed by atoms with Crippen molar-refractivity contribution in [2.45, 2.75) is 6.92 Å². The Kier molecular flexibility index (Phi) is 6.72. The standard InChI is InChI=1S/C20H23N5O6S/c1-13(26)21-20-22-19(27)18(32-20)11-14-10-17(25(28)29)16(24-4-8-31-9-5-24)12-15(14)23-2-6-30-7-3-23/h10-12H,2-9H2,1H3,(H,21,22,26,27)/b18-11-. The Morgan fingerprint density at radius 2 is 1.72 bits per heavy atom. The zero-order valence-corrected chi connectivity index (χ0v) is 18.4. The number of nitrogens with zero attached hydrogens (tertiary/aromatic N) is 4. The quantitative estimate of drug-likeness (QED) is 0.402. The van der Waals surface area contributed by atoms with Gasteiger partial charge in [-0.3, -0.25) is 19.7 Å². The third-order valence-electron chi connectivity index (χ3n) is 5.21. The molecule has 4 rings (SSSR count). The van der Waals surface area contributed by atoms with E-state index < -0.39 is 10.8 Å². The van der Waals surface area contributed by atoms with Crippen LogP contribution >= 0.6 is 11.8 Å². The Morgan fingerprint density at radius 3 is 2.28 bits per heavy atom. The first kappa shape index (κ1) is 22.2. The van der Waals surface area contributed by atoms with Gasteiger partial charge in [0.25, 0.3) is 11.6 Å². The van der Waals surface area contributed by atoms with Gasteiger partial charge in [0.05, 0.1) is 36.3 Å². The average molecular weight is 462 g/mol. The summed E-state index contributed by atoms with van der Waals surface area (Å²) in [4.78, 5) is 43.4. The number of rotatable bonds is 4. The van der Waals surface area contributed by atoms with Crippen molar-refractivity contribution in [1.82, 2.24) is 5.32 Å². The van der Waals surface area contributed by atoms with Crippen LogP contribution in [-0.2, 0) is 19.1 Å². The van der Waals surface area contributed by atoms with Crippen molar-refractivity contribution in [2.24, 2.45) is 4.99 Å². The number of nitrogens with one attached hydrogen (secondary N) is 1. The van der Waals surface area contributed by atoms with Crippen LogP contribution in [0.5, 0.6) is 0 Å². The van der Waals surface area contributed by atoms with Gasteiger partial charge in [-0.15, -0.1) is 0 Å². The molecule has 0 aromatic heterocycles. The number of amidine groups is 1. The second kappa shape index (κ2) is 9.67. The van der Waals surface area contributed by atoms with Crippen LogP contribution in [0.1, 0.15) is 12.5 Å². The zero-order valence-electron chi connectivity index (χ0n) is 17.5. The van der Waals surface area contributed by atoms with E-state index in [1.165, 1.54) is 13.0 Å². The smallest absolute Gasteiger partial charge is 0.293 e. The summed E-state index contributed by atoms with van der Waals surface area (Å²) in [5.41, 5.74) is 1.83. The van der Waals surface area contributed by atoms with E-state index >= 15 is 0 Å². The average Bonchev–Trinajstić information content (AvgIpc) is 3.12. The van der Waals surface area contributed by atoms with E-state index in [4.69, 9.17) is 9.47 Å². The fourth-order valence-electron chi connectivity index (χ4n) is 3.73. The number of carbonyl (C=O) groups is 2. The molecule has 1 aromatic rings. The Morgan fingerprint density at radius 1 is 1.12 bits per heavy atom. The first-order valence-electron chi connectivity index (χ1n) is 10.2. The van der Waals surface area contributed by atoms with Gasteiger partial charge >= 0.3 is 0 Å². The van der Waals surface area contributed by atoms with Crippen molar-refractivity contribution in [3.8, 4) is 0 Å². The topological polar surface area (TPSA) is 127 Å². The number of anilines is 2. The molecule has 0 spiro atoms. The van der Waals surface area contributed by atoms with E-state index in [0.717, 1.165) is 17.4 Å². The maximum Gasteiger partial charge on any atom is 0.293 e. The van der Waals surface area contributed by atoms with Crippen LogP contribution < -0.4 is 15.1 Å². The number of amides is 2. The summed E-state index contributed by atoms with van der Waals surface area (Å²) in [6.07, 6.45) is 1.60. The molecule has 3 aliphatic rings. The lowest BCUT2D eigenvalue weighted by atomic mass is 10.1. The summed E-state index contributed by atoms with van der Waals surface area (Å²) in [5, 5.41) is 14.6. The molecular weight excluding hydrogens is 438 g/mol. The summed E-state index contributed by atoms with van der Waals surface area (Å²) >= 11 is 1.03. The van der Waals surface area contributed by atoms with Crippen LogP contribution in [0.25, 0.3) is 6.08 Å². The molecule has 2 fully saturated rings. The van der Waals surface area contributed by atoms with Crippen molar-refractivity contribution >= 4 is 51.9 Å². The lowest BCUT2D eigenvalue weighted by Gasteiger charge is -2.33. The Balaban J connectivity index is 1.76. The summed E-state index contributed by atoms with van der Waals surface area (Å²) in [7, 11) is 0. The highest BCUT2D eigenvalue weighted by atomic mass is 32.2. The van der Waals surface area contributed by atoms with Gasteiger partial charge in [0.2, 0.25) is 5.91 Å². The number of carbonyl (C=O) groups excluding carboxylic acids is 2. The van der Waals surface area contributed by atoms with E-state index in [-0.39, 0.29) is 21.7 Å². The number of thioether (sulfide) groups is 1. The van der Waals surface area contributed by atoms with E-state index in [1.54, 1.807) is 6.08 Å². The minimum absolute atomic E-state index is 0.0331. The molecule has 0 unspecified atom stereocenters. The molecule has 2 amide bonds. The predicted octanol–water partition coefficient (Wildman–Crippen LogP) is 1.37. The Hall–Kier alpha value is -2.96. The molecule has 2 saturated heterocycles. The number of benzene rings is 1. The second-order valence-electron chi connectivity index (χ2n) is 7.37. The van der Waals surface area contributed by atoms with Crippen molar-refractivity contribution in [3.63, 3.8) is 0 Å². The number of hydrogen-bond donors (Lipinski definition) is 1. The fraction of sp³-hybridized carbons (Fsp3) is 0.450. The van der Waals surface area contributed by atoms with Gasteiger partial charge in [-0.1, -0.05) is 0 Å². The molecule has 0 aliphatic carbocycles. The van der Waals surface area contributed by atoms with Gasteiger partial charge < -0.3 is 24.6 Å². The molecule has 3 aliphatic heterocycles. The van der Waals surface area contributed by atoms with Gasteiger partial charge in [-0.2, -0.15) is 4.99 Å². The number of aliphatic imine (C=N–C) groups is 1. The Bertz CT molecular complexity index is 998. The molecule has 12 heteroatoms. The first-order chi connectivity index (χ1) is 15.4. The number of nitro groups is 1. The van der Waals surface area contributed by atoms with Crippen LogP contribution in [0.4, 0.5) is 17.1 Å². The molecule has 1 N–H and O–H groups in total. The molecule has 32 heavy (non-hydrogen) atoms. The summed E-state index contributed by atoms with van der Waals surface area (Å²) in [5.74, 6) is -0.823. The van der Waals surface area contributed by atoms with E-state index in [0.29, 0.717) is 63.9 Å². The highest BCUT2D eigenvalue weighted by Crippen LogP contribution is 2.39. The van der Waals surface area contributed by atoms with Crippen molar-refractivity contribution < 1.29 is 24.0 Å². The molecule has 1 aromatic carbocycles. The predicted molar refractivity (Wildman–Crippen MR) is 121 cm³/mol. The highest BCUT2D eigenvalue weighted by Gasteiger charge is 2.28. The van der Waals surface area contributed by atoms with Crippen LogP contribution in [0.15, 0.2) is 22.0 Å². The molecule has 0 atom stereocenters. The fourth-order valence-corrected chi connectivity index (χ4v) is 4.58. The number of hydrogen-bond acceptors (Lipinski definition) is 9. The summed E-state index contributed by atoms with van der Waals surface area (Å²) < 4.78 is 10.9. The van der Waals surface area contributed by atoms with Gasteiger partial charge in [-0.25, -0.2) is 0 Å². The Labute approximate surface area is 188 Å². The third kappa shape index (κ3) is 4.92. The van der Waals surface area contributed by atoms with E-state index in [9.17, 15) is 19.7 Å². The van der Waals surface area contributed by atoms with Crippen molar-refractivity contribution in [2.75, 3.05) is 62.4 Å². The molecule has 0 bridgehead atoms. The number of nitro benzene ring substituents is 1. The van der Waals surface area contributed by atoms with E-state index in [2.05, 4.69) is 15.2 Å². The van der Waals surface area contributed by atoms with E-state index in [1.807, 2.05) is 11.0 Å². The zero-order chi connectivity index (χ0) is 22.7. The SMILES string of the molecule is CC(=O)NC1=NC(=O)/C(=C/c2cc([N+](=O)[O-])c(N3CCOCC3)cc2N2CCOCC2)S1. The molecule has 3 heterocycles. The van der Waals surface area contributed by atoms with Crippen molar-refractivity contribution in [1.29, 1.82) is 0 Å². The van der Waals surface area contributed by atoms with Crippen LogP contribution in [0.3, 0.4) is 0 Å². The maximum absolute atomic E-state index is 12.4. The normalized spacial score (nSPS) is 20.5. The number of morpholine rings is 2. The largest absolute Gasteiger partial charge is 0.378 e. The molecule has 0 saturated carbocycles. The van der Waals surface area contributed by atoms with Crippen LogP contribution in [-0.4, -0.2) is 74.5 Å². The molecule has 11 nitrogen and oxygen atoms in total. The summed E-state index contributed by atoms with van der Waals surface area (Å²) in [6, 6.07) is 3.33. The van der Waals surface area contributed by atoms with Crippen LogP contribution in [0.2, 0.25) is 0 Å². The van der Waals surface area contributed by atoms with Crippen LogP contribution in [0, 0.1) is 10.1 Å². The monoisotopic (exact) mass is 461 g/mol. The summed E-state index contributed by atoms with van der Waals surface area (Å²) in [6.45, 7) is 5.81. The van der Waals surface area contributed by atoms with Gasteiger partial charge in [0, 0.05) is 50.4 Å². The second-order valence-corrected chi connectivity index (χ2v) is 8.40. The van der Waals surface area contributed by atoms with Gasteiger partial charge in [-0.05, 0) is 23.9 Å². The molecule has 170 valence electrons.